The lowest BCUT2D eigenvalue weighted by Crippen LogP contribution is -2.27. The first-order chi connectivity index (χ1) is 7.24. The van der Waals surface area contributed by atoms with Gasteiger partial charge in [0.1, 0.15) is 6.10 Å². The Kier molecular flexibility index (Phi) is 5.36. The Hall–Kier alpha value is -0.870. The van der Waals surface area contributed by atoms with Crippen molar-refractivity contribution in [2.75, 3.05) is 10.6 Å². The van der Waals surface area contributed by atoms with E-state index in [0.29, 0.717) is 12.1 Å². The third-order valence-electron chi connectivity index (χ3n) is 1.96. The minimum Gasteiger partial charge on any atom is -0.383 e. The number of hydrogen-bond donors (Lipinski definition) is 2. The number of carbonyl (C=O) groups is 1. The fraction of sp³-hybridized carbons (Fsp3) is 0.364. The zero-order chi connectivity index (χ0) is 11.1. The van der Waals surface area contributed by atoms with Crippen molar-refractivity contribution < 1.29 is 9.90 Å². The molecule has 0 bridgehead atoms. The molecule has 1 amide bonds. The first-order valence-corrected chi connectivity index (χ1v) is 5.96. The van der Waals surface area contributed by atoms with Crippen LogP contribution in [0.25, 0.3) is 0 Å². The van der Waals surface area contributed by atoms with Gasteiger partial charge in [-0.25, -0.2) is 0 Å². The fourth-order valence-electron chi connectivity index (χ4n) is 1.15. The lowest BCUT2D eigenvalue weighted by molar-refractivity contribution is -0.124. The van der Waals surface area contributed by atoms with Gasteiger partial charge in [-0.2, -0.15) is 0 Å². The number of benzene rings is 1. The molecule has 0 aliphatic carbocycles. The standard InChI is InChI=1S/C11H14BrNO2/c12-8-4-7-10(14)11(15)13-9-5-2-1-3-6-9/h1-3,5-6,10,14H,4,7-8H2,(H,13,15). The third kappa shape index (κ3) is 4.44. The summed E-state index contributed by atoms with van der Waals surface area (Å²) in [5, 5.41) is 12.9. The van der Waals surface area contributed by atoms with E-state index in [0.717, 1.165) is 11.8 Å². The molecule has 0 radical (unpaired) electrons. The van der Waals surface area contributed by atoms with Crippen LogP contribution in [0, 0.1) is 0 Å². The van der Waals surface area contributed by atoms with Gasteiger partial charge in [0.05, 0.1) is 0 Å². The van der Waals surface area contributed by atoms with Gasteiger partial charge >= 0.3 is 0 Å². The van der Waals surface area contributed by atoms with Crippen LogP contribution in [0.4, 0.5) is 5.69 Å². The lowest BCUT2D eigenvalue weighted by atomic mass is 10.2. The number of rotatable bonds is 5. The number of hydrogen-bond acceptors (Lipinski definition) is 2. The lowest BCUT2D eigenvalue weighted by Gasteiger charge is -2.10. The Bertz CT molecular complexity index is 303. The maximum atomic E-state index is 11.4. The Labute approximate surface area is 97.6 Å². The summed E-state index contributed by atoms with van der Waals surface area (Å²) in [4.78, 5) is 11.4. The van der Waals surface area contributed by atoms with Gasteiger partial charge in [-0.1, -0.05) is 34.1 Å². The van der Waals surface area contributed by atoms with Crippen LogP contribution < -0.4 is 5.32 Å². The quantitative estimate of drug-likeness (QED) is 0.807. The highest BCUT2D eigenvalue weighted by Gasteiger charge is 2.13. The summed E-state index contributed by atoms with van der Waals surface area (Å²) in [6, 6.07) is 9.11. The van der Waals surface area contributed by atoms with Crippen molar-refractivity contribution in [1.82, 2.24) is 0 Å². The second-order valence-corrected chi connectivity index (χ2v) is 4.00. The highest BCUT2D eigenvalue weighted by atomic mass is 79.9. The number of anilines is 1. The number of aliphatic hydroxyl groups is 1. The van der Waals surface area contributed by atoms with E-state index in [1.54, 1.807) is 12.1 Å². The summed E-state index contributed by atoms with van der Waals surface area (Å²) in [6.45, 7) is 0. The summed E-state index contributed by atoms with van der Waals surface area (Å²) in [5.41, 5.74) is 0.709. The van der Waals surface area contributed by atoms with Crippen molar-refractivity contribution in [3.05, 3.63) is 30.3 Å². The van der Waals surface area contributed by atoms with Crippen LogP contribution in [0.1, 0.15) is 12.8 Å². The molecule has 0 spiro atoms. The number of para-hydroxylation sites is 1. The molecule has 1 atom stereocenters. The topological polar surface area (TPSA) is 49.3 Å². The molecule has 0 fully saturated rings. The number of nitrogens with one attached hydrogen (secondary N) is 1. The van der Waals surface area contributed by atoms with Crippen molar-refractivity contribution in [3.8, 4) is 0 Å². The van der Waals surface area contributed by atoms with Crippen LogP contribution in [0.5, 0.6) is 0 Å². The van der Waals surface area contributed by atoms with Gasteiger partial charge in [-0.15, -0.1) is 0 Å². The molecule has 3 nitrogen and oxygen atoms in total. The van der Waals surface area contributed by atoms with Crippen molar-refractivity contribution in [2.45, 2.75) is 18.9 Å². The molecule has 1 aromatic carbocycles. The molecule has 4 heteroatoms. The number of alkyl halides is 1. The molecule has 0 aromatic heterocycles. The molecule has 2 N–H and O–H groups in total. The largest absolute Gasteiger partial charge is 0.383 e. The SMILES string of the molecule is O=C(Nc1ccccc1)C(O)CCCBr. The number of carbonyl (C=O) groups excluding carboxylic acids is 1. The van der Waals surface area contributed by atoms with Crippen LogP contribution in [0.3, 0.4) is 0 Å². The van der Waals surface area contributed by atoms with Crippen molar-refractivity contribution >= 4 is 27.5 Å². The van der Waals surface area contributed by atoms with Gasteiger partial charge in [0.2, 0.25) is 0 Å². The van der Waals surface area contributed by atoms with Crippen LogP contribution in [0.15, 0.2) is 30.3 Å². The Balaban J connectivity index is 2.42. The maximum Gasteiger partial charge on any atom is 0.253 e. The average Bonchev–Trinajstić information content (AvgIpc) is 2.27. The summed E-state index contributed by atoms with van der Waals surface area (Å²) in [7, 11) is 0. The maximum absolute atomic E-state index is 11.4. The Morgan fingerprint density at radius 3 is 2.67 bits per heavy atom. The van der Waals surface area contributed by atoms with Crippen LogP contribution in [0.2, 0.25) is 0 Å². The van der Waals surface area contributed by atoms with Crippen LogP contribution >= 0.6 is 15.9 Å². The predicted octanol–water partition coefficient (Wildman–Crippen LogP) is 2.16. The van der Waals surface area contributed by atoms with Gasteiger partial charge in [0.25, 0.3) is 5.91 Å². The van der Waals surface area contributed by atoms with Gasteiger partial charge < -0.3 is 10.4 Å². The molecule has 1 rings (SSSR count). The van der Waals surface area contributed by atoms with Crippen molar-refractivity contribution in [1.29, 1.82) is 0 Å². The first kappa shape index (κ1) is 12.2. The van der Waals surface area contributed by atoms with E-state index in [4.69, 9.17) is 0 Å². The van der Waals surface area contributed by atoms with Crippen molar-refractivity contribution in [3.63, 3.8) is 0 Å². The Morgan fingerprint density at radius 2 is 2.07 bits per heavy atom. The first-order valence-electron chi connectivity index (χ1n) is 4.84. The monoisotopic (exact) mass is 271 g/mol. The van der Waals surface area contributed by atoms with Crippen LogP contribution in [-0.2, 0) is 4.79 Å². The molecule has 15 heavy (non-hydrogen) atoms. The van der Waals surface area contributed by atoms with Gasteiger partial charge in [0.15, 0.2) is 0 Å². The summed E-state index contributed by atoms with van der Waals surface area (Å²) < 4.78 is 0. The Morgan fingerprint density at radius 1 is 1.40 bits per heavy atom. The molecule has 0 saturated carbocycles. The molecule has 1 aromatic rings. The minimum atomic E-state index is -0.928. The van der Waals surface area contributed by atoms with Gasteiger partial charge in [-0.05, 0) is 25.0 Å². The molecule has 0 saturated heterocycles. The molecule has 0 heterocycles. The fourth-order valence-corrected chi connectivity index (χ4v) is 1.47. The number of aliphatic hydroxyl groups excluding tert-OH is 1. The van der Waals surface area contributed by atoms with E-state index in [1.807, 2.05) is 18.2 Å². The third-order valence-corrected chi connectivity index (χ3v) is 2.52. The number of halogens is 1. The van der Waals surface area contributed by atoms with E-state index in [-0.39, 0.29) is 5.91 Å². The smallest absolute Gasteiger partial charge is 0.253 e. The second kappa shape index (κ2) is 6.58. The summed E-state index contributed by atoms with van der Waals surface area (Å²) in [5.74, 6) is -0.345. The molecule has 1 unspecified atom stereocenters. The second-order valence-electron chi connectivity index (χ2n) is 3.20. The minimum absolute atomic E-state index is 0.345. The molecular weight excluding hydrogens is 258 g/mol. The molecular formula is C11H14BrNO2. The van der Waals surface area contributed by atoms with Gasteiger partial charge in [0, 0.05) is 11.0 Å². The summed E-state index contributed by atoms with van der Waals surface area (Å²) in [6.07, 6.45) is 0.329. The zero-order valence-corrected chi connectivity index (χ0v) is 9.90. The molecule has 82 valence electrons. The van der Waals surface area contributed by atoms with E-state index >= 15 is 0 Å². The zero-order valence-electron chi connectivity index (χ0n) is 8.32. The average molecular weight is 272 g/mol. The van der Waals surface area contributed by atoms with Crippen LogP contribution in [-0.4, -0.2) is 22.4 Å². The molecule has 0 aliphatic heterocycles. The molecule has 0 aliphatic rings. The van der Waals surface area contributed by atoms with E-state index in [2.05, 4.69) is 21.2 Å². The normalized spacial score (nSPS) is 12.1. The van der Waals surface area contributed by atoms with E-state index in [9.17, 15) is 9.90 Å². The number of amides is 1. The highest BCUT2D eigenvalue weighted by Crippen LogP contribution is 2.07. The predicted molar refractivity (Wildman–Crippen MR) is 64.1 cm³/mol. The van der Waals surface area contributed by atoms with E-state index < -0.39 is 6.10 Å². The highest BCUT2D eigenvalue weighted by molar-refractivity contribution is 9.09. The summed E-state index contributed by atoms with van der Waals surface area (Å²) >= 11 is 3.25. The van der Waals surface area contributed by atoms with Crippen molar-refractivity contribution in [2.24, 2.45) is 0 Å². The van der Waals surface area contributed by atoms with E-state index in [1.165, 1.54) is 0 Å². The van der Waals surface area contributed by atoms with Gasteiger partial charge in [-0.3, -0.25) is 4.79 Å².